The lowest BCUT2D eigenvalue weighted by Gasteiger charge is -2.48. The molecule has 0 amide bonds. The van der Waals surface area contributed by atoms with Gasteiger partial charge < -0.3 is 70.8 Å². The van der Waals surface area contributed by atoms with Crippen molar-refractivity contribution in [1.29, 1.82) is 0 Å². The third-order valence-electron chi connectivity index (χ3n) is 7.72. The van der Waals surface area contributed by atoms with Crippen molar-refractivity contribution in [3.63, 3.8) is 0 Å². The number of carbonyl (C=O) groups excluding carboxylic acids is 2. The molecule has 1 unspecified atom stereocenters. The Bertz CT molecular complexity index is 1320. The highest BCUT2D eigenvalue weighted by atomic mass is 16.6. The lowest BCUT2D eigenvalue weighted by Crippen LogP contribution is -2.72. The van der Waals surface area contributed by atoms with E-state index in [1.165, 1.54) is 30.3 Å². The van der Waals surface area contributed by atoms with Gasteiger partial charge in [-0.25, -0.2) is 0 Å². The number of phenols is 1. The van der Waals surface area contributed by atoms with Crippen LogP contribution in [0.2, 0.25) is 0 Å². The van der Waals surface area contributed by atoms with Gasteiger partial charge in [-0.1, -0.05) is 18.2 Å². The average Bonchev–Trinajstić information content (AvgIpc) is 2.98. The zero-order valence-corrected chi connectivity index (χ0v) is 22.2. The van der Waals surface area contributed by atoms with Crippen molar-refractivity contribution in [3.8, 4) is 5.75 Å². The number of phenolic OH excluding ortho intramolecular Hbond substituents is 1. The summed E-state index contributed by atoms with van der Waals surface area (Å²) in [6, 6.07) is 5.38. The van der Waals surface area contributed by atoms with Crippen molar-refractivity contribution in [2.75, 3.05) is 13.2 Å². The van der Waals surface area contributed by atoms with Crippen molar-refractivity contribution in [1.82, 2.24) is 0 Å². The Morgan fingerprint density at radius 1 is 0.767 bits per heavy atom. The number of carbonyl (C=O) groups is 2. The van der Waals surface area contributed by atoms with E-state index in [0.717, 1.165) is 6.08 Å². The number of benzene rings is 1. The van der Waals surface area contributed by atoms with Gasteiger partial charge in [-0.15, -0.1) is 0 Å². The number of rotatable bonds is 6. The molecule has 2 heterocycles. The first-order valence-corrected chi connectivity index (χ1v) is 13.0. The van der Waals surface area contributed by atoms with Gasteiger partial charge in [0.05, 0.1) is 18.8 Å². The van der Waals surface area contributed by atoms with E-state index >= 15 is 0 Å². The van der Waals surface area contributed by atoms with E-state index in [-0.39, 0.29) is 5.75 Å². The number of Topliss-reactive ketones (excluding diaryl/α,β-unsaturated/α-hetero) is 2. The van der Waals surface area contributed by atoms with Gasteiger partial charge in [0.25, 0.3) is 0 Å². The number of aromatic hydroxyl groups is 1. The Kier molecular flexibility index (Phi) is 9.41. The second-order valence-corrected chi connectivity index (χ2v) is 10.4. The molecule has 2 aliphatic heterocycles. The van der Waals surface area contributed by atoms with Crippen LogP contribution in [0.3, 0.4) is 0 Å². The van der Waals surface area contributed by atoms with Gasteiger partial charge in [0.1, 0.15) is 83.9 Å². The normalized spacial score (nSPS) is 40.3. The zero-order chi connectivity index (χ0) is 32.0. The van der Waals surface area contributed by atoms with Gasteiger partial charge >= 0.3 is 0 Å². The number of aliphatic hydroxyl groups excluding tert-OH is 10. The van der Waals surface area contributed by atoms with Crippen molar-refractivity contribution in [2.45, 2.75) is 66.6 Å². The molecule has 1 aromatic rings. The van der Waals surface area contributed by atoms with Crippen molar-refractivity contribution >= 4 is 17.6 Å². The molecule has 3 aliphatic rings. The Balaban J connectivity index is 1.92. The molecule has 1 aromatic carbocycles. The number of ether oxygens (including phenoxy) is 2. The first kappa shape index (κ1) is 32.6. The third kappa shape index (κ3) is 5.47. The SMILES string of the molecule is O=C1C(=C(O)/C=C/c2ccc(O)cc2)C(O)=C([C@@H]2O[C@H](CO)[C@@H](O)[C@H](O)[C@H]2O)C(=O)C1(O)[C@@H]1O[C@H](CO)[C@@H](O)[C@H](O)[C@H]1O. The third-order valence-corrected chi connectivity index (χ3v) is 7.72. The second kappa shape index (κ2) is 12.4. The van der Waals surface area contributed by atoms with Crippen LogP contribution in [0.4, 0.5) is 0 Å². The predicted molar refractivity (Wildman–Crippen MR) is 139 cm³/mol. The Hall–Kier alpha value is -3.26. The van der Waals surface area contributed by atoms with Gasteiger partial charge in [-0.05, 0) is 23.8 Å². The molecule has 11 atom stereocenters. The van der Waals surface area contributed by atoms with E-state index in [2.05, 4.69) is 0 Å². The summed E-state index contributed by atoms with van der Waals surface area (Å²) >= 11 is 0. The molecule has 0 bridgehead atoms. The molecular weight excluding hydrogens is 580 g/mol. The van der Waals surface area contributed by atoms with Gasteiger partial charge in [0.15, 0.2) is 0 Å². The van der Waals surface area contributed by atoms with Crippen LogP contribution in [-0.4, -0.2) is 153 Å². The summed E-state index contributed by atoms with van der Waals surface area (Å²) in [5.74, 6) is -6.12. The maximum absolute atomic E-state index is 13.9. The highest BCUT2D eigenvalue weighted by Gasteiger charge is 2.65. The quantitative estimate of drug-likeness (QED) is 0.0820. The molecule has 0 saturated carbocycles. The lowest BCUT2D eigenvalue weighted by atomic mass is 9.69. The molecule has 1 aliphatic carbocycles. The lowest BCUT2D eigenvalue weighted by molar-refractivity contribution is -0.261. The topological polar surface area (TPSA) is 295 Å². The molecule has 2 fully saturated rings. The van der Waals surface area contributed by atoms with Gasteiger partial charge in [-0.2, -0.15) is 0 Å². The molecule has 16 nitrogen and oxygen atoms in total. The Labute approximate surface area is 242 Å². The Morgan fingerprint density at radius 3 is 1.86 bits per heavy atom. The van der Waals surface area contributed by atoms with E-state index in [0.29, 0.717) is 5.56 Å². The predicted octanol–water partition coefficient (Wildman–Crippen LogP) is -4.40. The molecule has 16 heteroatoms. The first-order valence-electron chi connectivity index (χ1n) is 13.0. The molecule has 0 spiro atoms. The number of hydrogen-bond acceptors (Lipinski definition) is 16. The minimum atomic E-state index is -3.63. The van der Waals surface area contributed by atoms with Gasteiger partial charge in [0.2, 0.25) is 17.2 Å². The first-order chi connectivity index (χ1) is 20.2. The van der Waals surface area contributed by atoms with Crippen molar-refractivity contribution < 1.29 is 80.3 Å². The fraction of sp³-hybridized carbons (Fsp3) is 0.481. The highest BCUT2D eigenvalue weighted by molar-refractivity contribution is 6.28. The molecule has 0 aromatic heterocycles. The molecule has 4 rings (SSSR count). The van der Waals surface area contributed by atoms with Crippen LogP contribution >= 0.6 is 0 Å². The van der Waals surface area contributed by atoms with Crippen LogP contribution < -0.4 is 0 Å². The number of aliphatic hydroxyl groups is 11. The van der Waals surface area contributed by atoms with Crippen LogP contribution in [0, 0.1) is 0 Å². The molecule has 43 heavy (non-hydrogen) atoms. The fourth-order valence-corrected chi connectivity index (χ4v) is 5.24. The van der Waals surface area contributed by atoms with E-state index < -0.39 is 114 Å². The molecular formula is C27H32O16. The van der Waals surface area contributed by atoms with Gasteiger partial charge in [0, 0.05) is 0 Å². The summed E-state index contributed by atoms with van der Waals surface area (Å²) in [5, 5.41) is 125. The largest absolute Gasteiger partial charge is 0.508 e. The monoisotopic (exact) mass is 612 g/mol. The molecule has 236 valence electrons. The minimum absolute atomic E-state index is 0.0879. The summed E-state index contributed by atoms with van der Waals surface area (Å²) in [5.41, 5.74) is -5.62. The van der Waals surface area contributed by atoms with E-state index in [9.17, 15) is 70.9 Å². The van der Waals surface area contributed by atoms with Crippen LogP contribution in [0.5, 0.6) is 5.75 Å². The van der Waals surface area contributed by atoms with Crippen LogP contribution in [0.1, 0.15) is 5.56 Å². The fourth-order valence-electron chi connectivity index (χ4n) is 5.24. The maximum Gasteiger partial charge on any atom is 0.219 e. The summed E-state index contributed by atoms with van der Waals surface area (Å²) < 4.78 is 10.6. The summed E-state index contributed by atoms with van der Waals surface area (Å²) in [6.07, 6.45) is -18.7. The molecule has 12 N–H and O–H groups in total. The summed E-state index contributed by atoms with van der Waals surface area (Å²) in [6.45, 7) is -1.99. The number of hydrogen-bond donors (Lipinski definition) is 12. The van der Waals surface area contributed by atoms with E-state index in [4.69, 9.17) is 9.47 Å². The molecule has 0 radical (unpaired) electrons. The summed E-state index contributed by atoms with van der Waals surface area (Å²) in [4.78, 5) is 27.6. The standard InChI is InChI=1S/C27H32O16/c28-7-12-16(32)19(35)21(37)23(42-12)15-18(34)14(11(31)6-3-9-1-4-10(30)5-2-9)24(39)27(41,25(15)40)26-22(38)20(36)17(33)13(8-29)43-26/h1-6,12-13,16-17,19-23,26,28-38,41H,7-8H2/b6-3+,14-11?/t12-,13-,16-,17-,19+,20+,21-,22-,23+,26-,27?/m1/s1. The Morgan fingerprint density at radius 2 is 1.30 bits per heavy atom. The smallest absolute Gasteiger partial charge is 0.219 e. The molecule has 2 saturated heterocycles. The van der Waals surface area contributed by atoms with Gasteiger partial charge in [-0.3, -0.25) is 9.59 Å². The minimum Gasteiger partial charge on any atom is -0.508 e. The number of allylic oxidation sites excluding steroid dienone is 2. The van der Waals surface area contributed by atoms with E-state index in [1.807, 2.05) is 0 Å². The zero-order valence-electron chi connectivity index (χ0n) is 22.2. The average molecular weight is 613 g/mol. The van der Waals surface area contributed by atoms with Crippen molar-refractivity contribution in [2.24, 2.45) is 0 Å². The summed E-state index contributed by atoms with van der Waals surface area (Å²) in [7, 11) is 0. The van der Waals surface area contributed by atoms with Crippen LogP contribution in [0.25, 0.3) is 6.08 Å². The maximum atomic E-state index is 13.9. The van der Waals surface area contributed by atoms with E-state index in [1.54, 1.807) is 0 Å². The van der Waals surface area contributed by atoms with Crippen LogP contribution in [0.15, 0.2) is 53.0 Å². The highest BCUT2D eigenvalue weighted by Crippen LogP contribution is 2.42. The second-order valence-electron chi connectivity index (χ2n) is 10.4. The number of ketones is 2. The van der Waals surface area contributed by atoms with Crippen molar-refractivity contribution in [3.05, 3.63) is 58.6 Å². The van der Waals surface area contributed by atoms with Crippen LogP contribution in [-0.2, 0) is 19.1 Å².